The molecule has 0 aliphatic carbocycles. The molecule has 0 saturated carbocycles. The molecule has 1 saturated heterocycles. The molecule has 1 aromatic rings. The summed E-state index contributed by atoms with van der Waals surface area (Å²) in [7, 11) is 1.46. The highest BCUT2D eigenvalue weighted by Crippen LogP contribution is 2.23. The van der Waals surface area contributed by atoms with Gasteiger partial charge in [0.05, 0.1) is 12.5 Å². The molecule has 2 amide bonds. The summed E-state index contributed by atoms with van der Waals surface area (Å²) >= 11 is 0. The Bertz CT molecular complexity index is 607. The van der Waals surface area contributed by atoms with Crippen LogP contribution < -0.4 is 10.6 Å². The van der Waals surface area contributed by atoms with Crippen molar-refractivity contribution in [2.45, 2.75) is 19.0 Å². The number of hydrogen-bond acceptors (Lipinski definition) is 4. The van der Waals surface area contributed by atoms with Crippen LogP contribution in [0.1, 0.15) is 23.3 Å². The van der Waals surface area contributed by atoms with Crippen molar-refractivity contribution in [1.82, 2.24) is 15.2 Å². The van der Waals surface area contributed by atoms with Crippen molar-refractivity contribution in [3.8, 4) is 0 Å². The van der Waals surface area contributed by atoms with Crippen LogP contribution in [-0.4, -0.2) is 54.6 Å². The summed E-state index contributed by atoms with van der Waals surface area (Å²) in [6, 6.07) is 4.60. The van der Waals surface area contributed by atoms with Gasteiger partial charge in [0, 0.05) is 13.6 Å². The summed E-state index contributed by atoms with van der Waals surface area (Å²) in [5.74, 6) is -1.11. The zero-order valence-corrected chi connectivity index (χ0v) is 13.2. The van der Waals surface area contributed by atoms with Gasteiger partial charge < -0.3 is 10.6 Å². The van der Waals surface area contributed by atoms with E-state index in [1.807, 2.05) is 0 Å². The third-order valence-electron chi connectivity index (χ3n) is 3.74. The SMILES string of the molecule is CNC(=O)c1cccc(NC(=O)C2CCCN(CC(F)(F)F)C2)n1. The van der Waals surface area contributed by atoms with Crippen molar-refractivity contribution < 1.29 is 22.8 Å². The smallest absolute Gasteiger partial charge is 0.354 e. The van der Waals surface area contributed by atoms with E-state index >= 15 is 0 Å². The number of anilines is 1. The topological polar surface area (TPSA) is 74.3 Å². The number of rotatable bonds is 4. The van der Waals surface area contributed by atoms with Gasteiger partial charge in [0.15, 0.2) is 0 Å². The minimum Gasteiger partial charge on any atom is -0.354 e. The first kappa shape index (κ1) is 18.2. The normalized spacial score (nSPS) is 18.9. The Morgan fingerprint density at radius 1 is 1.38 bits per heavy atom. The third kappa shape index (κ3) is 5.19. The van der Waals surface area contributed by atoms with Crippen LogP contribution in [0.2, 0.25) is 0 Å². The molecule has 2 heterocycles. The number of carbonyl (C=O) groups is 2. The minimum atomic E-state index is -4.28. The van der Waals surface area contributed by atoms with Gasteiger partial charge in [0.2, 0.25) is 5.91 Å². The zero-order chi connectivity index (χ0) is 17.7. The molecule has 1 atom stereocenters. The van der Waals surface area contributed by atoms with Gasteiger partial charge >= 0.3 is 6.18 Å². The van der Waals surface area contributed by atoms with E-state index in [2.05, 4.69) is 15.6 Å². The van der Waals surface area contributed by atoms with E-state index in [1.54, 1.807) is 6.07 Å². The summed E-state index contributed by atoms with van der Waals surface area (Å²) in [6.07, 6.45) is -3.23. The van der Waals surface area contributed by atoms with Gasteiger partial charge in [-0.3, -0.25) is 14.5 Å². The second kappa shape index (κ2) is 7.61. The van der Waals surface area contributed by atoms with Crippen molar-refractivity contribution in [2.75, 3.05) is 32.0 Å². The van der Waals surface area contributed by atoms with Gasteiger partial charge in [-0.2, -0.15) is 13.2 Å². The van der Waals surface area contributed by atoms with E-state index in [0.717, 1.165) is 0 Å². The van der Waals surface area contributed by atoms with Crippen LogP contribution in [0.25, 0.3) is 0 Å². The molecule has 2 N–H and O–H groups in total. The van der Waals surface area contributed by atoms with Gasteiger partial charge in [-0.1, -0.05) is 6.07 Å². The lowest BCUT2D eigenvalue weighted by Gasteiger charge is -2.32. The van der Waals surface area contributed by atoms with Gasteiger partial charge in [-0.05, 0) is 31.5 Å². The van der Waals surface area contributed by atoms with Crippen molar-refractivity contribution in [3.05, 3.63) is 23.9 Å². The maximum absolute atomic E-state index is 12.5. The van der Waals surface area contributed by atoms with Crippen LogP contribution >= 0.6 is 0 Å². The van der Waals surface area contributed by atoms with Crippen LogP contribution in [0.15, 0.2) is 18.2 Å². The van der Waals surface area contributed by atoms with Gasteiger partial charge in [-0.15, -0.1) is 0 Å². The maximum atomic E-state index is 12.5. The largest absolute Gasteiger partial charge is 0.401 e. The molecule has 6 nitrogen and oxygen atoms in total. The van der Waals surface area contributed by atoms with E-state index in [4.69, 9.17) is 0 Å². The highest BCUT2D eigenvalue weighted by atomic mass is 19.4. The molecule has 2 rings (SSSR count). The number of nitrogens with zero attached hydrogens (tertiary/aromatic N) is 2. The minimum absolute atomic E-state index is 0.0560. The Hall–Kier alpha value is -2.16. The molecule has 1 aromatic heterocycles. The molecule has 1 aliphatic rings. The van der Waals surface area contributed by atoms with Gasteiger partial charge in [0.1, 0.15) is 11.5 Å². The number of pyridine rings is 1. The molecule has 24 heavy (non-hydrogen) atoms. The molecule has 1 unspecified atom stereocenters. The Labute approximate surface area is 137 Å². The van der Waals surface area contributed by atoms with Gasteiger partial charge in [-0.25, -0.2) is 4.98 Å². The summed E-state index contributed by atoms with van der Waals surface area (Å²) in [6.45, 7) is -0.630. The van der Waals surface area contributed by atoms with Gasteiger partial charge in [0.25, 0.3) is 5.91 Å². The number of carbonyl (C=O) groups excluding carboxylic acids is 2. The summed E-state index contributed by atoms with van der Waals surface area (Å²) in [5, 5.41) is 5.00. The molecule has 0 radical (unpaired) electrons. The van der Waals surface area contributed by atoms with Crippen LogP contribution in [0, 0.1) is 5.92 Å². The van der Waals surface area contributed by atoms with E-state index in [9.17, 15) is 22.8 Å². The monoisotopic (exact) mass is 344 g/mol. The Balaban J connectivity index is 1.98. The van der Waals surface area contributed by atoms with Crippen LogP contribution in [0.3, 0.4) is 0 Å². The second-order valence-electron chi connectivity index (χ2n) is 5.67. The average molecular weight is 344 g/mol. The number of likely N-dealkylation sites (tertiary alicyclic amines) is 1. The Kier molecular flexibility index (Phi) is 5.76. The van der Waals surface area contributed by atoms with E-state index in [0.29, 0.717) is 19.4 Å². The van der Waals surface area contributed by atoms with Crippen LogP contribution in [0.4, 0.5) is 19.0 Å². The van der Waals surface area contributed by atoms with Crippen molar-refractivity contribution in [1.29, 1.82) is 0 Å². The summed E-state index contributed by atoms with van der Waals surface area (Å²) in [5.41, 5.74) is 0.151. The number of alkyl halides is 3. The molecule has 0 spiro atoms. The molecule has 0 bridgehead atoms. The standard InChI is InChI=1S/C15H19F3N4O2/c1-19-14(24)11-5-2-6-12(20-11)21-13(23)10-4-3-7-22(8-10)9-15(16,17)18/h2,5-6,10H,3-4,7-9H2,1H3,(H,19,24)(H,20,21,23). The number of aromatic nitrogens is 1. The Morgan fingerprint density at radius 3 is 2.79 bits per heavy atom. The predicted octanol–water partition coefficient (Wildman–Crippen LogP) is 1.65. The predicted molar refractivity (Wildman–Crippen MR) is 81.5 cm³/mol. The van der Waals surface area contributed by atoms with Crippen molar-refractivity contribution >= 4 is 17.6 Å². The fraction of sp³-hybridized carbons (Fsp3) is 0.533. The highest BCUT2D eigenvalue weighted by molar-refractivity contribution is 5.94. The van der Waals surface area contributed by atoms with Crippen LogP contribution in [-0.2, 0) is 4.79 Å². The first-order valence-corrected chi connectivity index (χ1v) is 7.57. The fourth-order valence-electron chi connectivity index (χ4n) is 2.65. The molecule has 1 fully saturated rings. The number of halogens is 3. The Morgan fingerprint density at radius 2 is 2.12 bits per heavy atom. The molecular formula is C15H19F3N4O2. The number of nitrogens with one attached hydrogen (secondary N) is 2. The molecular weight excluding hydrogens is 325 g/mol. The third-order valence-corrected chi connectivity index (χ3v) is 3.74. The van der Waals surface area contributed by atoms with Crippen molar-refractivity contribution in [3.63, 3.8) is 0 Å². The summed E-state index contributed by atoms with van der Waals surface area (Å²) < 4.78 is 37.4. The summed E-state index contributed by atoms with van der Waals surface area (Å²) in [4.78, 5) is 29.1. The highest BCUT2D eigenvalue weighted by Gasteiger charge is 2.34. The average Bonchev–Trinajstić information content (AvgIpc) is 2.53. The molecule has 0 aromatic carbocycles. The van der Waals surface area contributed by atoms with Crippen LogP contribution in [0.5, 0.6) is 0 Å². The lowest BCUT2D eigenvalue weighted by Crippen LogP contribution is -2.44. The molecule has 1 aliphatic heterocycles. The maximum Gasteiger partial charge on any atom is 0.401 e. The fourth-order valence-corrected chi connectivity index (χ4v) is 2.65. The van der Waals surface area contributed by atoms with Crippen molar-refractivity contribution in [2.24, 2.45) is 5.92 Å². The number of amides is 2. The first-order valence-electron chi connectivity index (χ1n) is 7.57. The molecule has 9 heteroatoms. The number of hydrogen-bond donors (Lipinski definition) is 2. The molecule has 132 valence electrons. The van der Waals surface area contributed by atoms with E-state index in [-0.39, 0.29) is 29.9 Å². The first-order chi connectivity index (χ1) is 11.3. The van der Waals surface area contributed by atoms with E-state index in [1.165, 1.54) is 24.1 Å². The lowest BCUT2D eigenvalue weighted by molar-refractivity contribution is -0.151. The quantitative estimate of drug-likeness (QED) is 0.871. The van der Waals surface area contributed by atoms with E-state index < -0.39 is 18.6 Å². The number of piperidine rings is 1. The zero-order valence-electron chi connectivity index (χ0n) is 13.2. The second-order valence-corrected chi connectivity index (χ2v) is 5.67. The lowest BCUT2D eigenvalue weighted by atomic mass is 9.97.